The van der Waals surface area contributed by atoms with E-state index in [2.05, 4.69) is 19.9 Å². The van der Waals surface area contributed by atoms with Gasteiger partial charge in [0.1, 0.15) is 5.78 Å². The summed E-state index contributed by atoms with van der Waals surface area (Å²) >= 11 is 0. The molecule has 0 spiro atoms. The summed E-state index contributed by atoms with van der Waals surface area (Å²) in [5, 5.41) is 0. The van der Waals surface area contributed by atoms with Crippen LogP contribution in [0.15, 0.2) is 12.2 Å². The molecular weight excluding hydrogens is 124 g/mol. The fraction of sp³-hybridized carbons (Fsp3) is 0.667. The van der Waals surface area contributed by atoms with Gasteiger partial charge in [0.05, 0.1) is 0 Å². The van der Waals surface area contributed by atoms with Gasteiger partial charge in [-0.2, -0.15) is 0 Å². The molecule has 0 fully saturated rings. The summed E-state index contributed by atoms with van der Waals surface area (Å²) in [5.41, 5.74) is 0. The molecule has 2 atom stereocenters. The van der Waals surface area contributed by atoms with Crippen LogP contribution < -0.4 is 0 Å². The Kier molecular flexibility index (Phi) is 2.25. The van der Waals surface area contributed by atoms with Gasteiger partial charge in [-0.15, -0.1) is 0 Å². The number of hydrogen-bond acceptors (Lipinski definition) is 1. The maximum atomic E-state index is 11.2. The fourth-order valence-electron chi connectivity index (χ4n) is 1.58. The van der Waals surface area contributed by atoms with Crippen LogP contribution in [0.4, 0.5) is 0 Å². The van der Waals surface area contributed by atoms with Crippen molar-refractivity contribution in [2.75, 3.05) is 0 Å². The molecule has 1 rings (SSSR count). The highest BCUT2D eigenvalue weighted by Gasteiger charge is 2.22. The summed E-state index contributed by atoms with van der Waals surface area (Å²) in [5.74, 6) is 1.17. The number of rotatable bonds is 1. The summed E-state index contributed by atoms with van der Waals surface area (Å²) in [6.45, 7) is 4.19. The first-order valence-electron chi connectivity index (χ1n) is 3.95. The molecule has 56 valence electrons. The zero-order valence-electron chi connectivity index (χ0n) is 6.63. The third kappa shape index (κ3) is 1.28. The molecule has 0 saturated carbocycles. The number of Topliss-reactive ketones (excluding diaryl/α,β-unsaturated/α-hetero) is 1. The van der Waals surface area contributed by atoms with Crippen molar-refractivity contribution in [3.63, 3.8) is 0 Å². The second kappa shape index (κ2) is 3.00. The number of allylic oxidation sites excluding steroid dienone is 2. The van der Waals surface area contributed by atoms with Crippen molar-refractivity contribution >= 4 is 5.78 Å². The van der Waals surface area contributed by atoms with E-state index in [-0.39, 0.29) is 0 Å². The van der Waals surface area contributed by atoms with Crippen molar-refractivity contribution < 1.29 is 4.79 Å². The summed E-state index contributed by atoms with van der Waals surface area (Å²) in [4.78, 5) is 11.2. The van der Waals surface area contributed by atoms with Crippen molar-refractivity contribution in [1.82, 2.24) is 0 Å². The average molecular weight is 138 g/mol. The smallest absolute Gasteiger partial charge is 0.140 e. The second-order valence-electron chi connectivity index (χ2n) is 2.97. The molecule has 1 nitrogen and oxygen atoms in total. The van der Waals surface area contributed by atoms with E-state index in [1.165, 1.54) is 0 Å². The minimum atomic E-state index is 0.296. The van der Waals surface area contributed by atoms with Gasteiger partial charge in [0.25, 0.3) is 0 Å². The van der Waals surface area contributed by atoms with E-state index >= 15 is 0 Å². The lowest BCUT2D eigenvalue weighted by atomic mass is 9.82. The molecule has 2 unspecified atom stereocenters. The third-order valence-electron chi connectivity index (χ3n) is 2.25. The summed E-state index contributed by atoms with van der Waals surface area (Å²) in [7, 11) is 0. The Hall–Kier alpha value is -0.590. The van der Waals surface area contributed by atoms with Crippen LogP contribution in [-0.4, -0.2) is 5.78 Å². The van der Waals surface area contributed by atoms with Gasteiger partial charge >= 0.3 is 0 Å². The normalized spacial score (nSPS) is 32.8. The molecule has 1 aliphatic rings. The van der Waals surface area contributed by atoms with Crippen LogP contribution in [0.5, 0.6) is 0 Å². The first kappa shape index (κ1) is 7.52. The SMILES string of the molecule is CCC1C(=O)CC=CC1C. The van der Waals surface area contributed by atoms with Gasteiger partial charge < -0.3 is 0 Å². The molecule has 0 aliphatic heterocycles. The van der Waals surface area contributed by atoms with Gasteiger partial charge in [0.2, 0.25) is 0 Å². The van der Waals surface area contributed by atoms with Crippen molar-refractivity contribution in [3.05, 3.63) is 12.2 Å². The Balaban J connectivity index is 2.68. The molecule has 0 aromatic heterocycles. The summed E-state index contributed by atoms with van der Waals surface area (Å²) < 4.78 is 0. The topological polar surface area (TPSA) is 17.1 Å². The molecule has 0 saturated heterocycles. The highest BCUT2D eigenvalue weighted by Crippen LogP contribution is 2.23. The fourth-order valence-corrected chi connectivity index (χ4v) is 1.58. The predicted octanol–water partition coefficient (Wildman–Crippen LogP) is 2.18. The molecule has 1 aliphatic carbocycles. The lowest BCUT2D eigenvalue weighted by Gasteiger charge is -2.21. The standard InChI is InChI=1S/C9H14O/c1-3-8-7(2)5-4-6-9(8)10/h4-5,7-8H,3,6H2,1-2H3. The van der Waals surface area contributed by atoms with E-state index in [0.717, 1.165) is 6.42 Å². The monoisotopic (exact) mass is 138 g/mol. The third-order valence-corrected chi connectivity index (χ3v) is 2.25. The second-order valence-corrected chi connectivity index (χ2v) is 2.97. The largest absolute Gasteiger partial charge is 0.299 e. The quantitative estimate of drug-likeness (QED) is 0.507. The van der Waals surface area contributed by atoms with E-state index in [9.17, 15) is 4.79 Å². The van der Waals surface area contributed by atoms with Crippen LogP contribution in [0, 0.1) is 11.8 Å². The Morgan fingerprint density at radius 1 is 1.70 bits per heavy atom. The number of hydrogen-bond donors (Lipinski definition) is 0. The van der Waals surface area contributed by atoms with Gasteiger partial charge in [0, 0.05) is 12.3 Å². The van der Waals surface area contributed by atoms with E-state index in [1.807, 2.05) is 6.08 Å². The summed E-state index contributed by atoms with van der Waals surface area (Å²) in [6, 6.07) is 0. The highest BCUT2D eigenvalue weighted by atomic mass is 16.1. The number of carbonyl (C=O) groups is 1. The molecular formula is C9H14O. The van der Waals surface area contributed by atoms with E-state index in [4.69, 9.17) is 0 Å². The molecule has 1 heteroatoms. The van der Waals surface area contributed by atoms with Crippen LogP contribution in [-0.2, 0) is 4.79 Å². The molecule has 0 N–H and O–H groups in total. The van der Waals surface area contributed by atoms with Crippen molar-refractivity contribution in [2.45, 2.75) is 26.7 Å². The van der Waals surface area contributed by atoms with Crippen molar-refractivity contribution in [1.29, 1.82) is 0 Å². The Labute approximate surface area is 62.1 Å². The minimum Gasteiger partial charge on any atom is -0.299 e. The lowest BCUT2D eigenvalue weighted by molar-refractivity contribution is -0.123. The highest BCUT2D eigenvalue weighted by molar-refractivity contribution is 5.83. The van der Waals surface area contributed by atoms with Crippen LogP contribution in [0.1, 0.15) is 26.7 Å². The molecule has 10 heavy (non-hydrogen) atoms. The van der Waals surface area contributed by atoms with E-state index < -0.39 is 0 Å². The molecule has 0 heterocycles. The van der Waals surface area contributed by atoms with Crippen LogP contribution in [0.25, 0.3) is 0 Å². The first-order valence-corrected chi connectivity index (χ1v) is 3.95. The van der Waals surface area contributed by atoms with Crippen LogP contribution in [0.2, 0.25) is 0 Å². The Morgan fingerprint density at radius 3 is 2.80 bits per heavy atom. The maximum Gasteiger partial charge on any atom is 0.140 e. The van der Waals surface area contributed by atoms with E-state index in [0.29, 0.717) is 24.0 Å². The Bertz CT molecular complexity index is 158. The van der Waals surface area contributed by atoms with Crippen molar-refractivity contribution in [2.24, 2.45) is 11.8 Å². The number of carbonyl (C=O) groups excluding carboxylic acids is 1. The van der Waals surface area contributed by atoms with Crippen molar-refractivity contribution in [3.8, 4) is 0 Å². The molecule has 0 bridgehead atoms. The van der Waals surface area contributed by atoms with Crippen LogP contribution in [0.3, 0.4) is 0 Å². The predicted molar refractivity (Wildman–Crippen MR) is 41.7 cm³/mol. The molecule has 0 aromatic rings. The molecule has 0 radical (unpaired) electrons. The van der Waals surface area contributed by atoms with Gasteiger partial charge in [-0.1, -0.05) is 26.0 Å². The van der Waals surface area contributed by atoms with Gasteiger partial charge in [-0.25, -0.2) is 0 Å². The lowest BCUT2D eigenvalue weighted by Crippen LogP contribution is -2.22. The zero-order chi connectivity index (χ0) is 7.56. The van der Waals surface area contributed by atoms with E-state index in [1.54, 1.807) is 0 Å². The number of ketones is 1. The molecule has 0 amide bonds. The average Bonchev–Trinajstić information content (AvgIpc) is 1.88. The van der Waals surface area contributed by atoms with Gasteiger partial charge in [0.15, 0.2) is 0 Å². The van der Waals surface area contributed by atoms with Crippen LogP contribution >= 0.6 is 0 Å². The summed E-state index contributed by atoms with van der Waals surface area (Å²) in [6.07, 6.45) is 5.78. The maximum absolute atomic E-state index is 11.2. The molecule has 0 aromatic carbocycles. The first-order chi connectivity index (χ1) is 4.75. The van der Waals surface area contributed by atoms with Gasteiger partial charge in [-0.05, 0) is 12.3 Å². The Morgan fingerprint density at radius 2 is 2.40 bits per heavy atom. The minimum absolute atomic E-state index is 0.296. The van der Waals surface area contributed by atoms with Gasteiger partial charge in [-0.3, -0.25) is 4.79 Å². The zero-order valence-corrected chi connectivity index (χ0v) is 6.63.